The van der Waals surface area contributed by atoms with Crippen LogP contribution in [0.25, 0.3) is 0 Å². The van der Waals surface area contributed by atoms with Crippen LogP contribution in [0.3, 0.4) is 0 Å². The van der Waals surface area contributed by atoms with Gasteiger partial charge in [0.05, 0.1) is 7.11 Å². The molecule has 0 aliphatic heterocycles. The maximum Gasteiger partial charge on any atom is 0.258 e. The fourth-order valence-corrected chi connectivity index (χ4v) is 2.03. The number of rotatable bonds is 1. The Kier molecular flexibility index (Phi) is 3.89. The second-order valence-corrected chi connectivity index (χ2v) is 3.69. The lowest BCUT2D eigenvalue weighted by Gasteiger charge is -2.15. The molecule has 1 aliphatic rings. The standard InChI is InChI=1S/C11H12F2O.C2H6/c1-7-10-8(6-11(7,12)13)4-3-5-9(10)14-2;1-2/h3-5,7H,6H2,1-2H3;1-2H3. The molecular weight excluding hydrogens is 210 g/mol. The minimum absolute atomic E-state index is 0.166. The van der Waals surface area contributed by atoms with E-state index in [1.165, 1.54) is 7.11 Å². The number of fused-ring (bicyclic) bond motifs is 1. The Morgan fingerprint density at radius 3 is 2.50 bits per heavy atom. The molecule has 0 bridgehead atoms. The van der Waals surface area contributed by atoms with Crippen LogP contribution in [0.4, 0.5) is 8.78 Å². The van der Waals surface area contributed by atoms with Gasteiger partial charge >= 0.3 is 0 Å². The van der Waals surface area contributed by atoms with Gasteiger partial charge in [0.2, 0.25) is 0 Å². The zero-order valence-corrected chi connectivity index (χ0v) is 10.2. The summed E-state index contributed by atoms with van der Waals surface area (Å²) in [4.78, 5) is 0. The molecule has 90 valence electrons. The van der Waals surface area contributed by atoms with Gasteiger partial charge in [-0.15, -0.1) is 0 Å². The van der Waals surface area contributed by atoms with Gasteiger partial charge < -0.3 is 4.74 Å². The third-order valence-electron chi connectivity index (χ3n) is 2.87. The maximum atomic E-state index is 13.4. The molecule has 0 aromatic heterocycles. The summed E-state index contributed by atoms with van der Waals surface area (Å²) in [7, 11) is 1.51. The highest BCUT2D eigenvalue weighted by Crippen LogP contribution is 2.47. The van der Waals surface area contributed by atoms with Crippen LogP contribution in [0, 0.1) is 0 Å². The van der Waals surface area contributed by atoms with Crippen LogP contribution in [-0.2, 0) is 6.42 Å². The van der Waals surface area contributed by atoms with Gasteiger partial charge in [0.25, 0.3) is 5.92 Å². The SMILES string of the molecule is CC.COc1cccc2c1C(C)C(F)(F)C2. The minimum atomic E-state index is -2.63. The van der Waals surface area contributed by atoms with Crippen molar-refractivity contribution in [3.05, 3.63) is 29.3 Å². The molecule has 1 unspecified atom stereocenters. The lowest BCUT2D eigenvalue weighted by Crippen LogP contribution is -2.19. The summed E-state index contributed by atoms with van der Waals surface area (Å²) in [5.41, 5.74) is 1.38. The van der Waals surface area contributed by atoms with Gasteiger partial charge in [-0.05, 0) is 11.6 Å². The molecule has 0 spiro atoms. The van der Waals surface area contributed by atoms with Crippen LogP contribution in [0.15, 0.2) is 18.2 Å². The van der Waals surface area contributed by atoms with Gasteiger partial charge in [-0.2, -0.15) is 0 Å². The molecule has 0 heterocycles. The van der Waals surface area contributed by atoms with Crippen LogP contribution in [0.2, 0.25) is 0 Å². The molecule has 0 fully saturated rings. The molecule has 1 nitrogen and oxygen atoms in total. The molecule has 3 heteroatoms. The molecule has 0 saturated heterocycles. The number of hydrogen-bond acceptors (Lipinski definition) is 1. The molecule has 0 saturated carbocycles. The lowest BCUT2D eigenvalue weighted by molar-refractivity contribution is -0.0102. The molecule has 0 N–H and O–H groups in total. The van der Waals surface area contributed by atoms with Crippen molar-refractivity contribution in [2.75, 3.05) is 7.11 Å². The van der Waals surface area contributed by atoms with Gasteiger partial charge in [0, 0.05) is 17.9 Å². The third-order valence-corrected chi connectivity index (χ3v) is 2.87. The van der Waals surface area contributed by atoms with E-state index in [1.54, 1.807) is 25.1 Å². The summed E-state index contributed by atoms with van der Waals surface area (Å²) >= 11 is 0. The Bertz CT molecular complexity index is 361. The van der Waals surface area contributed by atoms with E-state index in [0.717, 1.165) is 0 Å². The second-order valence-electron chi connectivity index (χ2n) is 3.69. The number of methoxy groups -OCH3 is 1. The van der Waals surface area contributed by atoms with Gasteiger partial charge in [-0.25, -0.2) is 8.78 Å². The second kappa shape index (κ2) is 4.81. The van der Waals surface area contributed by atoms with E-state index in [9.17, 15) is 8.78 Å². The monoisotopic (exact) mass is 228 g/mol. The molecule has 2 rings (SSSR count). The van der Waals surface area contributed by atoms with E-state index in [2.05, 4.69) is 0 Å². The number of halogens is 2. The zero-order valence-electron chi connectivity index (χ0n) is 10.2. The topological polar surface area (TPSA) is 9.23 Å². The van der Waals surface area contributed by atoms with E-state index in [-0.39, 0.29) is 6.42 Å². The Morgan fingerprint density at radius 2 is 1.94 bits per heavy atom. The Balaban J connectivity index is 0.000000606. The van der Waals surface area contributed by atoms with Crippen molar-refractivity contribution in [2.24, 2.45) is 0 Å². The maximum absolute atomic E-state index is 13.4. The van der Waals surface area contributed by atoms with Crippen molar-refractivity contribution in [3.8, 4) is 5.75 Å². The molecule has 0 amide bonds. The first-order chi connectivity index (χ1) is 7.56. The molecular formula is C13H18F2O. The highest BCUT2D eigenvalue weighted by Gasteiger charge is 2.46. The van der Waals surface area contributed by atoms with Gasteiger partial charge in [0.15, 0.2) is 0 Å². The van der Waals surface area contributed by atoms with E-state index in [0.29, 0.717) is 16.9 Å². The van der Waals surface area contributed by atoms with E-state index >= 15 is 0 Å². The van der Waals surface area contributed by atoms with Crippen molar-refractivity contribution >= 4 is 0 Å². The Labute approximate surface area is 95.4 Å². The molecule has 16 heavy (non-hydrogen) atoms. The molecule has 0 radical (unpaired) electrons. The normalized spacial score (nSPS) is 20.8. The largest absolute Gasteiger partial charge is 0.496 e. The fraction of sp³-hybridized carbons (Fsp3) is 0.538. The summed E-state index contributed by atoms with van der Waals surface area (Å²) in [6.07, 6.45) is -0.166. The number of alkyl halides is 2. The summed E-state index contributed by atoms with van der Waals surface area (Å²) in [5, 5.41) is 0. The minimum Gasteiger partial charge on any atom is -0.496 e. The zero-order chi connectivity index (χ0) is 12.3. The highest BCUT2D eigenvalue weighted by atomic mass is 19.3. The van der Waals surface area contributed by atoms with Gasteiger partial charge in [-0.1, -0.05) is 32.9 Å². The van der Waals surface area contributed by atoms with Crippen LogP contribution >= 0.6 is 0 Å². The number of hydrogen-bond donors (Lipinski definition) is 0. The van der Waals surface area contributed by atoms with Crippen LogP contribution in [0.5, 0.6) is 5.75 Å². The quantitative estimate of drug-likeness (QED) is 0.705. The van der Waals surface area contributed by atoms with Crippen molar-refractivity contribution in [3.63, 3.8) is 0 Å². The smallest absolute Gasteiger partial charge is 0.258 e. The van der Waals surface area contributed by atoms with Crippen LogP contribution < -0.4 is 4.74 Å². The van der Waals surface area contributed by atoms with Crippen molar-refractivity contribution in [1.29, 1.82) is 0 Å². The number of benzene rings is 1. The van der Waals surface area contributed by atoms with Crippen molar-refractivity contribution < 1.29 is 13.5 Å². The summed E-state index contributed by atoms with van der Waals surface area (Å²) in [6.45, 7) is 5.55. The first-order valence-electron chi connectivity index (χ1n) is 5.60. The Hall–Kier alpha value is -1.12. The van der Waals surface area contributed by atoms with Crippen molar-refractivity contribution in [1.82, 2.24) is 0 Å². The van der Waals surface area contributed by atoms with E-state index < -0.39 is 11.8 Å². The molecule has 1 atom stereocenters. The third kappa shape index (κ3) is 2.04. The average molecular weight is 228 g/mol. The van der Waals surface area contributed by atoms with Crippen molar-refractivity contribution in [2.45, 2.75) is 39.0 Å². The van der Waals surface area contributed by atoms with Gasteiger partial charge in [0.1, 0.15) is 5.75 Å². The van der Waals surface area contributed by atoms with E-state index in [1.807, 2.05) is 13.8 Å². The van der Waals surface area contributed by atoms with Crippen LogP contribution in [-0.4, -0.2) is 13.0 Å². The fourth-order valence-electron chi connectivity index (χ4n) is 2.03. The first kappa shape index (κ1) is 12.9. The summed E-state index contributed by atoms with van der Waals surface area (Å²) in [5.74, 6) is -2.79. The van der Waals surface area contributed by atoms with Gasteiger partial charge in [-0.3, -0.25) is 0 Å². The predicted octanol–water partition coefficient (Wildman–Crippen LogP) is 4.02. The predicted molar refractivity (Wildman–Crippen MR) is 61.4 cm³/mol. The van der Waals surface area contributed by atoms with E-state index in [4.69, 9.17) is 4.74 Å². The number of ether oxygens (including phenoxy) is 1. The molecule has 1 aromatic carbocycles. The molecule has 1 aromatic rings. The molecule has 1 aliphatic carbocycles. The first-order valence-corrected chi connectivity index (χ1v) is 5.60. The summed E-state index contributed by atoms with van der Waals surface area (Å²) in [6, 6.07) is 5.23. The van der Waals surface area contributed by atoms with Crippen LogP contribution in [0.1, 0.15) is 37.8 Å². The average Bonchev–Trinajstić information content (AvgIpc) is 2.52. The Morgan fingerprint density at radius 1 is 1.31 bits per heavy atom. The highest BCUT2D eigenvalue weighted by molar-refractivity contribution is 5.47. The lowest BCUT2D eigenvalue weighted by atomic mass is 10.0. The summed E-state index contributed by atoms with van der Waals surface area (Å²) < 4.78 is 31.9.